The second-order valence-corrected chi connectivity index (χ2v) is 17.3. The summed E-state index contributed by atoms with van der Waals surface area (Å²) in [5.41, 5.74) is 2.78. The van der Waals surface area contributed by atoms with Gasteiger partial charge in [-0.1, -0.05) is 31.8 Å². The van der Waals surface area contributed by atoms with E-state index in [1.165, 1.54) is 19.3 Å². The van der Waals surface area contributed by atoms with Gasteiger partial charge in [0.2, 0.25) is 0 Å². The molecule has 2 aliphatic carbocycles. The van der Waals surface area contributed by atoms with E-state index in [4.69, 9.17) is 22.0 Å². The molecule has 0 saturated heterocycles. The summed E-state index contributed by atoms with van der Waals surface area (Å²) in [6, 6.07) is 6.35. The number of phenolic OH excluding ortho intramolecular Hbond substituents is 1. The van der Waals surface area contributed by atoms with E-state index in [1.807, 2.05) is 31.3 Å². The van der Waals surface area contributed by atoms with Crippen molar-refractivity contribution in [3.63, 3.8) is 0 Å². The van der Waals surface area contributed by atoms with E-state index in [2.05, 4.69) is 19.6 Å². The van der Waals surface area contributed by atoms with Crippen LogP contribution in [0.1, 0.15) is 30.4 Å². The van der Waals surface area contributed by atoms with Crippen LogP contribution in [0.2, 0.25) is 25.2 Å². The minimum absolute atomic E-state index is 0.379. The van der Waals surface area contributed by atoms with E-state index in [0.717, 1.165) is 28.5 Å². The van der Waals surface area contributed by atoms with Crippen molar-refractivity contribution in [1.29, 1.82) is 0 Å². The van der Waals surface area contributed by atoms with Crippen LogP contribution in [0.3, 0.4) is 0 Å². The molecule has 0 heterocycles. The zero-order valence-electron chi connectivity index (χ0n) is 14.9. The minimum atomic E-state index is -1.00. The quantitative estimate of drug-likeness (QED) is 0.433. The number of aryl methyl sites for hydroxylation is 1. The second-order valence-electron chi connectivity index (χ2n) is 8.13. The Balaban J connectivity index is 0.000000647. The Hall–Kier alpha value is 0.370. The predicted molar refractivity (Wildman–Crippen MR) is 104 cm³/mol. The van der Waals surface area contributed by atoms with E-state index in [1.54, 1.807) is 0 Å². The molecule has 0 amide bonds. The second kappa shape index (κ2) is 8.84. The fourth-order valence-corrected chi connectivity index (χ4v) is 7.15. The first-order valence-corrected chi connectivity index (χ1v) is 18.5. The molecule has 2 bridgehead atoms. The molecule has 4 atom stereocenters. The summed E-state index contributed by atoms with van der Waals surface area (Å²) >= 11 is -0.826. The zero-order valence-corrected chi connectivity index (χ0v) is 19.9. The maximum absolute atomic E-state index is 10.1. The van der Waals surface area contributed by atoms with Crippen LogP contribution in [0.25, 0.3) is 0 Å². The number of nitrogens with zero attached hydrogens (tertiary/aromatic N) is 1. The van der Waals surface area contributed by atoms with Crippen molar-refractivity contribution in [2.24, 2.45) is 16.8 Å². The fourth-order valence-electron chi connectivity index (χ4n) is 4.45. The molecule has 2 nitrogen and oxygen atoms in total. The summed E-state index contributed by atoms with van der Waals surface area (Å²) in [6.07, 6.45) is 5.94. The van der Waals surface area contributed by atoms with Crippen molar-refractivity contribution in [1.82, 2.24) is 0 Å². The van der Waals surface area contributed by atoms with Crippen LogP contribution >= 0.6 is 17.0 Å². The summed E-state index contributed by atoms with van der Waals surface area (Å²) < 4.78 is 0. The molecule has 6 heteroatoms. The predicted octanol–water partition coefficient (Wildman–Crippen LogP) is 6.00. The number of phenols is 1. The molecule has 24 heavy (non-hydrogen) atoms. The van der Waals surface area contributed by atoms with Crippen molar-refractivity contribution in [3.8, 4) is 5.75 Å². The fraction of sp³-hybridized carbons (Fsp3) is 0.611. The van der Waals surface area contributed by atoms with E-state index in [0.29, 0.717) is 11.8 Å². The van der Waals surface area contributed by atoms with Crippen LogP contribution < -0.4 is 0 Å². The zero-order chi connectivity index (χ0) is 17.9. The molecule has 2 aliphatic rings. The van der Waals surface area contributed by atoms with Gasteiger partial charge in [0.05, 0.1) is 6.04 Å². The van der Waals surface area contributed by atoms with E-state index < -0.39 is 28.9 Å². The van der Waals surface area contributed by atoms with Crippen LogP contribution in [0, 0.1) is 18.8 Å². The Bertz CT molecular complexity index is 591. The van der Waals surface area contributed by atoms with E-state index in [9.17, 15) is 5.11 Å². The molecular weight excluding hydrogens is 436 g/mol. The van der Waals surface area contributed by atoms with Crippen LogP contribution in [-0.2, 0) is 20.8 Å². The number of halogens is 2. The SMILES string of the molecule is Cc1cccc(C=NC2CC3CC2CC3[Si](C)(C)C)c1O.[Cl][Zr][Cl]. The summed E-state index contributed by atoms with van der Waals surface area (Å²) in [7, 11) is 8.87. The number of fused-ring (bicyclic) bond motifs is 2. The Morgan fingerprint density at radius 1 is 1.17 bits per heavy atom. The average Bonchev–Trinajstić information content (AvgIpc) is 3.09. The molecular formula is C18H27Cl2NOSiZr. The Kier molecular flexibility index (Phi) is 7.62. The van der Waals surface area contributed by atoms with Crippen molar-refractivity contribution >= 4 is 31.3 Å². The number of benzene rings is 1. The number of aromatic hydroxyl groups is 1. The van der Waals surface area contributed by atoms with Gasteiger partial charge in [0, 0.05) is 19.9 Å². The molecule has 0 radical (unpaired) electrons. The molecule has 132 valence electrons. The number of hydrogen-bond donors (Lipinski definition) is 1. The molecule has 2 saturated carbocycles. The van der Waals surface area contributed by atoms with Crippen molar-refractivity contribution in [2.45, 2.75) is 57.4 Å². The van der Waals surface area contributed by atoms with Gasteiger partial charge in [-0.2, -0.15) is 0 Å². The molecule has 0 aliphatic heterocycles. The summed E-state index contributed by atoms with van der Waals surface area (Å²) in [4.78, 5) is 4.82. The molecule has 1 aromatic rings. The third kappa shape index (κ3) is 4.96. The number of para-hydroxylation sites is 1. The van der Waals surface area contributed by atoms with Gasteiger partial charge in [0.15, 0.2) is 0 Å². The maximum atomic E-state index is 10.1. The van der Waals surface area contributed by atoms with Crippen LogP contribution in [0.4, 0.5) is 0 Å². The summed E-state index contributed by atoms with van der Waals surface area (Å²) in [5.74, 6) is 2.08. The third-order valence-electron chi connectivity index (χ3n) is 5.61. The van der Waals surface area contributed by atoms with Crippen LogP contribution in [0.5, 0.6) is 5.75 Å². The Morgan fingerprint density at radius 2 is 1.83 bits per heavy atom. The van der Waals surface area contributed by atoms with E-state index >= 15 is 0 Å². The van der Waals surface area contributed by atoms with Gasteiger partial charge in [-0.3, -0.25) is 4.99 Å². The van der Waals surface area contributed by atoms with Crippen molar-refractivity contribution in [3.05, 3.63) is 29.3 Å². The van der Waals surface area contributed by atoms with Crippen molar-refractivity contribution in [2.75, 3.05) is 0 Å². The Morgan fingerprint density at radius 3 is 2.38 bits per heavy atom. The molecule has 0 spiro atoms. The topological polar surface area (TPSA) is 32.6 Å². The van der Waals surface area contributed by atoms with Crippen molar-refractivity contribution < 1.29 is 26.0 Å². The number of aliphatic imine (C=N–C) groups is 1. The number of rotatable bonds is 3. The summed E-state index contributed by atoms with van der Waals surface area (Å²) in [5, 5.41) is 10.1. The van der Waals surface area contributed by atoms with Gasteiger partial charge in [-0.25, -0.2) is 0 Å². The standard InChI is InChI=1S/C18H27NOSi.2ClH.Zr/c1-12-6-5-7-13(18(12)20)11-19-16-9-15-8-14(16)10-17(15)21(2,3)4;;;/h5-7,11,14-17,20H,8-10H2,1-4H3;2*1H;/q;;;+2/p-2. The van der Waals surface area contributed by atoms with Gasteiger partial charge in [0.1, 0.15) is 5.75 Å². The first kappa shape index (κ1) is 20.7. The van der Waals surface area contributed by atoms with Crippen LogP contribution in [-0.4, -0.2) is 25.4 Å². The molecule has 1 aromatic carbocycles. The van der Waals surface area contributed by atoms with Crippen LogP contribution in [0.15, 0.2) is 23.2 Å². The molecule has 3 rings (SSSR count). The first-order chi connectivity index (χ1) is 11.3. The first-order valence-electron chi connectivity index (χ1n) is 8.56. The van der Waals surface area contributed by atoms with Gasteiger partial charge < -0.3 is 5.11 Å². The molecule has 2 fully saturated rings. The summed E-state index contributed by atoms with van der Waals surface area (Å²) in [6.45, 7) is 9.48. The normalized spacial score (nSPS) is 28.8. The van der Waals surface area contributed by atoms with E-state index in [-0.39, 0.29) is 0 Å². The van der Waals surface area contributed by atoms with Gasteiger partial charge in [0.25, 0.3) is 0 Å². The monoisotopic (exact) mass is 461 g/mol. The van der Waals surface area contributed by atoms with Gasteiger partial charge >= 0.3 is 37.9 Å². The Labute approximate surface area is 165 Å². The average molecular weight is 464 g/mol. The third-order valence-corrected chi connectivity index (χ3v) is 8.54. The molecule has 1 N–H and O–H groups in total. The van der Waals surface area contributed by atoms with Gasteiger partial charge in [-0.15, -0.1) is 0 Å². The van der Waals surface area contributed by atoms with Gasteiger partial charge in [-0.05, 0) is 55.2 Å². The number of hydrogen-bond acceptors (Lipinski definition) is 2. The molecule has 0 aromatic heterocycles. The molecule has 4 unspecified atom stereocenters.